The molecule has 0 spiro atoms. The second-order valence-corrected chi connectivity index (χ2v) is 6.70. The first kappa shape index (κ1) is 13.0. The van der Waals surface area contributed by atoms with Gasteiger partial charge in [0.1, 0.15) is 0 Å². The zero-order chi connectivity index (χ0) is 11.7. The number of rotatable bonds is 5. The molecule has 1 saturated carbocycles. The smallest absolute Gasteiger partial charge is 0.0669 e. The lowest BCUT2D eigenvalue weighted by Gasteiger charge is -2.26. The zero-order valence-corrected chi connectivity index (χ0v) is 10.9. The summed E-state index contributed by atoms with van der Waals surface area (Å²) in [5.41, 5.74) is 0.718. The molecule has 90 valence electrons. The van der Waals surface area contributed by atoms with Crippen molar-refractivity contribution in [2.24, 2.45) is 10.8 Å². The Hall–Kier alpha value is -0.0800. The minimum atomic E-state index is -0.213. The van der Waals surface area contributed by atoms with Crippen molar-refractivity contribution in [3.05, 3.63) is 0 Å². The Morgan fingerprint density at radius 3 is 2.27 bits per heavy atom. The van der Waals surface area contributed by atoms with Gasteiger partial charge in [0, 0.05) is 12.6 Å². The molecule has 0 aromatic heterocycles. The Labute approximate surface area is 94.5 Å². The molecule has 2 unspecified atom stereocenters. The van der Waals surface area contributed by atoms with Crippen LogP contribution in [0.5, 0.6) is 0 Å². The van der Waals surface area contributed by atoms with Gasteiger partial charge in [0.05, 0.1) is 6.10 Å². The van der Waals surface area contributed by atoms with Gasteiger partial charge in [-0.25, -0.2) is 0 Å². The molecule has 15 heavy (non-hydrogen) atoms. The quantitative estimate of drug-likeness (QED) is 0.735. The lowest BCUT2D eigenvalue weighted by Crippen LogP contribution is -2.39. The number of hydrogen-bond donors (Lipinski definition) is 2. The molecule has 0 bridgehead atoms. The molecular weight excluding hydrogens is 186 g/mol. The molecule has 0 saturated heterocycles. The number of aliphatic hydroxyl groups excluding tert-OH is 1. The molecule has 1 fully saturated rings. The van der Waals surface area contributed by atoms with Crippen LogP contribution in [0.1, 0.15) is 53.9 Å². The zero-order valence-electron chi connectivity index (χ0n) is 10.9. The lowest BCUT2D eigenvalue weighted by atomic mass is 9.89. The highest BCUT2D eigenvalue weighted by atomic mass is 16.3. The van der Waals surface area contributed by atoms with E-state index < -0.39 is 0 Å². The maximum Gasteiger partial charge on any atom is 0.0669 e. The van der Waals surface area contributed by atoms with Crippen LogP contribution in [0.15, 0.2) is 0 Å². The van der Waals surface area contributed by atoms with E-state index in [-0.39, 0.29) is 11.5 Å². The van der Waals surface area contributed by atoms with Crippen LogP contribution in [-0.2, 0) is 0 Å². The van der Waals surface area contributed by atoms with Crippen LogP contribution >= 0.6 is 0 Å². The van der Waals surface area contributed by atoms with E-state index in [9.17, 15) is 5.11 Å². The van der Waals surface area contributed by atoms with Crippen LogP contribution in [0.4, 0.5) is 0 Å². The summed E-state index contributed by atoms with van der Waals surface area (Å²) in [5.74, 6) is 0. The molecule has 2 atom stereocenters. The van der Waals surface area contributed by atoms with Crippen molar-refractivity contribution < 1.29 is 5.11 Å². The van der Waals surface area contributed by atoms with Crippen LogP contribution in [0, 0.1) is 10.8 Å². The third-order valence-electron chi connectivity index (χ3n) is 3.59. The van der Waals surface area contributed by atoms with E-state index in [1.165, 1.54) is 12.8 Å². The Bertz CT molecular complexity index is 203. The summed E-state index contributed by atoms with van der Waals surface area (Å²) in [6, 6.07) is 0.534. The second kappa shape index (κ2) is 4.42. The molecule has 2 N–H and O–H groups in total. The van der Waals surface area contributed by atoms with Crippen molar-refractivity contribution in [1.29, 1.82) is 0 Å². The Morgan fingerprint density at radius 1 is 1.33 bits per heavy atom. The van der Waals surface area contributed by atoms with Crippen molar-refractivity contribution in [3.8, 4) is 0 Å². The summed E-state index contributed by atoms with van der Waals surface area (Å²) in [7, 11) is 0. The molecule has 0 amide bonds. The van der Waals surface area contributed by atoms with Gasteiger partial charge in [-0.15, -0.1) is 0 Å². The van der Waals surface area contributed by atoms with Gasteiger partial charge in [-0.3, -0.25) is 0 Å². The van der Waals surface area contributed by atoms with Gasteiger partial charge in [-0.1, -0.05) is 27.7 Å². The van der Waals surface area contributed by atoms with E-state index in [0.29, 0.717) is 11.5 Å². The maximum atomic E-state index is 9.86. The minimum Gasteiger partial charge on any atom is -0.392 e. The summed E-state index contributed by atoms with van der Waals surface area (Å²) >= 11 is 0. The van der Waals surface area contributed by atoms with Gasteiger partial charge < -0.3 is 10.4 Å². The van der Waals surface area contributed by atoms with Gasteiger partial charge in [-0.05, 0) is 37.0 Å². The second-order valence-electron chi connectivity index (χ2n) is 6.70. The molecule has 0 aromatic carbocycles. The van der Waals surface area contributed by atoms with Crippen molar-refractivity contribution in [2.75, 3.05) is 6.54 Å². The van der Waals surface area contributed by atoms with Crippen molar-refractivity contribution >= 4 is 0 Å². The predicted octanol–water partition coefficient (Wildman–Crippen LogP) is 2.56. The predicted molar refractivity (Wildman–Crippen MR) is 64.9 cm³/mol. The van der Waals surface area contributed by atoms with E-state index >= 15 is 0 Å². The summed E-state index contributed by atoms with van der Waals surface area (Å²) in [6.45, 7) is 11.8. The first-order chi connectivity index (χ1) is 6.73. The van der Waals surface area contributed by atoms with Crippen molar-refractivity contribution in [1.82, 2.24) is 5.32 Å². The van der Waals surface area contributed by atoms with Crippen LogP contribution < -0.4 is 5.32 Å². The summed E-state index contributed by atoms with van der Waals surface area (Å²) < 4.78 is 0. The SMILES string of the molecule is CC(NCC(O)CC(C)(C)C)C1(C)CC1. The van der Waals surface area contributed by atoms with Crippen molar-refractivity contribution in [2.45, 2.75) is 66.0 Å². The molecule has 1 aliphatic rings. The van der Waals surface area contributed by atoms with Gasteiger partial charge in [-0.2, -0.15) is 0 Å². The first-order valence-electron chi connectivity index (χ1n) is 6.14. The Kier molecular flexibility index (Phi) is 3.83. The average Bonchev–Trinajstić information content (AvgIpc) is 2.77. The molecular formula is C13H27NO. The largest absolute Gasteiger partial charge is 0.392 e. The fourth-order valence-corrected chi connectivity index (χ4v) is 1.97. The van der Waals surface area contributed by atoms with Gasteiger partial charge in [0.2, 0.25) is 0 Å². The van der Waals surface area contributed by atoms with Gasteiger partial charge >= 0.3 is 0 Å². The highest BCUT2D eigenvalue weighted by Gasteiger charge is 2.42. The molecule has 0 aromatic rings. The molecule has 2 nitrogen and oxygen atoms in total. The van der Waals surface area contributed by atoms with Crippen molar-refractivity contribution in [3.63, 3.8) is 0 Å². The molecule has 0 aliphatic heterocycles. The summed E-state index contributed by atoms with van der Waals surface area (Å²) in [6.07, 6.45) is 3.31. The van der Waals surface area contributed by atoms with E-state index in [2.05, 4.69) is 39.9 Å². The standard InChI is InChI=1S/C13H27NO/c1-10(13(5)6-7-13)14-9-11(15)8-12(2,3)4/h10-11,14-15H,6-9H2,1-5H3. The number of aliphatic hydroxyl groups is 1. The average molecular weight is 213 g/mol. The van der Waals surface area contributed by atoms with E-state index in [1.54, 1.807) is 0 Å². The number of nitrogens with one attached hydrogen (secondary N) is 1. The summed E-state index contributed by atoms with van der Waals surface area (Å²) in [5, 5.41) is 13.3. The van der Waals surface area contributed by atoms with E-state index in [4.69, 9.17) is 0 Å². The first-order valence-corrected chi connectivity index (χ1v) is 6.14. The fourth-order valence-electron chi connectivity index (χ4n) is 1.97. The Balaban J connectivity index is 2.19. The highest BCUT2D eigenvalue weighted by Crippen LogP contribution is 2.47. The van der Waals surface area contributed by atoms with E-state index in [0.717, 1.165) is 13.0 Å². The lowest BCUT2D eigenvalue weighted by molar-refractivity contribution is 0.114. The highest BCUT2D eigenvalue weighted by molar-refractivity contribution is 4.96. The van der Waals surface area contributed by atoms with Crippen LogP contribution in [0.2, 0.25) is 0 Å². The van der Waals surface area contributed by atoms with Gasteiger partial charge in [0.25, 0.3) is 0 Å². The van der Waals surface area contributed by atoms with Crippen LogP contribution in [-0.4, -0.2) is 23.8 Å². The van der Waals surface area contributed by atoms with Crippen LogP contribution in [0.3, 0.4) is 0 Å². The molecule has 2 heteroatoms. The summed E-state index contributed by atoms with van der Waals surface area (Å²) in [4.78, 5) is 0. The molecule has 0 heterocycles. The van der Waals surface area contributed by atoms with E-state index in [1.807, 2.05) is 0 Å². The number of hydrogen-bond acceptors (Lipinski definition) is 2. The molecule has 1 aliphatic carbocycles. The normalized spacial score (nSPS) is 23.6. The maximum absolute atomic E-state index is 9.86. The minimum absolute atomic E-state index is 0.213. The molecule has 0 radical (unpaired) electrons. The molecule has 1 rings (SSSR count). The topological polar surface area (TPSA) is 32.3 Å². The Morgan fingerprint density at radius 2 is 1.87 bits per heavy atom. The fraction of sp³-hybridized carbons (Fsp3) is 1.00. The van der Waals surface area contributed by atoms with Gasteiger partial charge in [0.15, 0.2) is 0 Å². The third kappa shape index (κ3) is 4.52. The third-order valence-corrected chi connectivity index (χ3v) is 3.59. The monoisotopic (exact) mass is 213 g/mol. The van der Waals surface area contributed by atoms with Crippen LogP contribution in [0.25, 0.3) is 0 Å².